The van der Waals surface area contributed by atoms with Gasteiger partial charge < -0.3 is 9.73 Å². The molecule has 4 aromatic rings. The van der Waals surface area contributed by atoms with Crippen molar-refractivity contribution in [3.05, 3.63) is 101 Å². The molecule has 2 atom stereocenters. The number of hydrogen-bond acceptors (Lipinski definition) is 4. The topological polar surface area (TPSA) is 71.3 Å². The fraction of sp³-hybridized carbons (Fsp3) is 0.130. The van der Waals surface area contributed by atoms with Crippen LogP contribution in [0.3, 0.4) is 0 Å². The Balaban J connectivity index is 1.54. The molecule has 2 N–H and O–H groups in total. The molecule has 0 saturated heterocycles. The van der Waals surface area contributed by atoms with Crippen LogP contribution >= 0.6 is 11.6 Å². The molecule has 7 heteroatoms. The first-order valence-electron chi connectivity index (χ1n) is 9.58. The number of benzene rings is 3. The summed E-state index contributed by atoms with van der Waals surface area (Å²) in [5.74, 6) is 0.789. The fourth-order valence-electron chi connectivity index (χ4n) is 4.11. The highest BCUT2D eigenvalue weighted by Crippen LogP contribution is 2.44. The molecule has 152 valence electrons. The molecular formula is C23H19ClN2O3S. The molecule has 5 nitrogen and oxygen atoms in total. The molecule has 0 unspecified atom stereocenters. The lowest BCUT2D eigenvalue weighted by Crippen LogP contribution is -2.36. The molecular weight excluding hydrogens is 420 g/mol. The second kappa shape index (κ2) is 7.56. The van der Waals surface area contributed by atoms with E-state index in [1.807, 2.05) is 48.5 Å². The predicted molar refractivity (Wildman–Crippen MR) is 117 cm³/mol. The summed E-state index contributed by atoms with van der Waals surface area (Å²) in [6, 6.07) is 21.3. The van der Waals surface area contributed by atoms with Gasteiger partial charge in [-0.15, -0.1) is 0 Å². The zero-order valence-corrected chi connectivity index (χ0v) is 17.5. The van der Waals surface area contributed by atoms with Crippen LogP contribution in [0.1, 0.15) is 29.0 Å². The highest BCUT2D eigenvalue weighted by molar-refractivity contribution is 7.89. The zero-order valence-electron chi connectivity index (χ0n) is 15.9. The maximum atomic E-state index is 13.1. The molecule has 30 heavy (non-hydrogen) atoms. The average molecular weight is 439 g/mol. The number of nitrogens with one attached hydrogen (secondary N) is 2. The molecule has 0 radical (unpaired) electrons. The third-order valence-corrected chi connectivity index (χ3v) is 7.16. The van der Waals surface area contributed by atoms with E-state index >= 15 is 0 Å². The number of sulfonamides is 1. The average Bonchev–Trinajstić information content (AvgIpc) is 3.35. The van der Waals surface area contributed by atoms with Gasteiger partial charge in [-0.1, -0.05) is 48.0 Å². The Morgan fingerprint density at radius 2 is 1.57 bits per heavy atom. The van der Waals surface area contributed by atoms with Crippen LogP contribution in [0, 0.1) is 0 Å². The highest BCUT2D eigenvalue weighted by atomic mass is 35.5. The van der Waals surface area contributed by atoms with Crippen molar-refractivity contribution in [2.75, 3.05) is 0 Å². The second-order valence-electron chi connectivity index (χ2n) is 7.28. The van der Waals surface area contributed by atoms with Gasteiger partial charge in [-0.2, -0.15) is 0 Å². The largest absolute Gasteiger partial charge is 0.468 e. The third-order valence-electron chi connectivity index (χ3n) is 5.45. The van der Waals surface area contributed by atoms with Gasteiger partial charge in [0.15, 0.2) is 0 Å². The van der Waals surface area contributed by atoms with Crippen molar-refractivity contribution < 1.29 is 12.8 Å². The van der Waals surface area contributed by atoms with Crippen LogP contribution in [0.25, 0.3) is 10.8 Å². The molecule has 0 saturated carbocycles. The molecule has 0 spiro atoms. The minimum Gasteiger partial charge on any atom is -0.468 e. The lowest BCUT2D eigenvalue weighted by Gasteiger charge is -2.24. The van der Waals surface area contributed by atoms with Crippen molar-refractivity contribution in [1.29, 1.82) is 0 Å². The number of rotatable bonds is 6. The summed E-state index contributed by atoms with van der Waals surface area (Å²) >= 11 is 5.93. The third kappa shape index (κ3) is 3.42. The van der Waals surface area contributed by atoms with Crippen LogP contribution in [0.2, 0.25) is 5.02 Å². The van der Waals surface area contributed by atoms with Gasteiger partial charge >= 0.3 is 0 Å². The Morgan fingerprint density at radius 1 is 0.867 bits per heavy atom. The van der Waals surface area contributed by atoms with Crippen LogP contribution in [0.4, 0.5) is 0 Å². The fourth-order valence-corrected chi connectivity index (χ4v) is 5.46. The van der Waals surface area contributed by atoms with Gasteiger partial charge in [-0.05, 0) is 58.3 Å². The summed E-state index contributed by atoms with van der Waals surface area (Å²) in [4.78, 5) is 0.180. The Hall–Kier alpha value is -2.64. The van der Waals surface area contributed by atoms with Crippen molar-refractivity contribution in [3.8, 4) is 0 Å². The van der Waals surface area contributed by atoms with E-state index in [9.17, 15) is 8.42 Å². The molecule has 1 heterocycles. The SMILES string of the molecule is O=S(=O)(N[C@@H]1c2cccc3cccc(c23)[C@@H]1NCc1ccco1)c1ccc(Cl)cc1. The molecule has 5 rings (SSSR count). The van der Waals surface area contributed by atoms with Crippen LogP contribution < -0.4 is 10.0 Å². The lowest BCUT2D eigenvalue weighted by molar-refractivity contribution is 0.405. The van der Waals surface area contributed by atoms with E-state index in [-0.39, 0.29) is 10.9 Å². The van der Waals surface area contributed by atoms with Crippen molar-refractivity contribution in [2.24, 2.45) is 0 Å². The van der Waals surface area contributed by atoms with E-state index < -0.39 is 16.1 Å². The number of hydrogen-bond donors (Lipinski definition) is 2. The molecule has 1 aliphatic carbocycles. The van der Waals surface area contributed by atoms with Crippen LogP contribution in [-0.2, 0) is 16.6 Å². The molecule has 1 aromatic heterocycles. The van der Waals surface area contributed by atoms with E-state index in [0.717, 1.165) is 27.7 Å². The molecule has 3 aromatic carbocycles. The minimum absolute atomic E-state index is 0.180. The zero-order chi connectivity index (χ0) is 20.7. The number of halogens is 1. The summed E-state index contributed by atoms with van der Waals surface area (Å²) in [5, 5.41) is 6.14. The van der Waals surface area contributed by atoms with Gasteiger partial charge in [-0.3, -0.25) is 0 Å². The monoisotopic (exact) mass is 438 g/mol. The summed E-state index contributed by atoms with van der Waals surface area (Å²) in [7, 11) is -3.75. The minimum atomic E-state index is -3.75. The van der Waals surface area contributed by atoms with Gasteiger partial charge in [0.25, 0.3) is 0 Å². The summed E-state index contributed by atoms with van der Waals surface area (Å²) < 4.78 is 34.7. The summed E-state index contributed by atoms with van der Waals surface area (Å²) in [6.45, 7) is 0.487. The van der Waals surface area contributed by atoms with E-state index in [2.05, 4.69) is 10.0 Å². The van der Waals surface area contributed by atoms with E-state index in [0.29, 0.717) is 11.6 Å². The van der Waals surface area contributed by atoms with Crippen LogP contribution in [0.5, 0.6) is 0 Å². The van der Waals surface area contributed by atoms with Gasteiger partial charge in [0.05, 0.1) is 29.8 Å². The normalized spacial score (nSPS) is 18.2. The van der Waals surface area contributed by atoms with Crippen molar-refractivity contribution in [1.82, 2.24) is 10.0 Å². The summed E-state index contributed by atoms with van der Waals surface area (Å²) in [6.07, 6.45) is 1.63. The van der Waals surface area contributed by atoms with Gasteiger partial charge in [0, 0.05) is 5.02 Å². The number of furan rings is 1. The van der Waals surface area contributed by atoms with E-state index in [4.69, 9.17) is 16.0 Å². The maximum absolute atomic E-state index is 13.1. The standard InChI is InChI=1S/C23H19ClN2O3S/c24-16-9-11-18(12-10-16)30(27,28)26-23-20-8-2-5-15-4-1-7-19(21(15)20)22(23)25-14-17-6-3-13-29-17/h1-13,22-23,25-26H,14H2/t22-,23+/m0/s1. The molecule has 1 aliphatic rings. The Kier molecular flexibility index (Phi) is 4.87. The summed E-state index contributed by atoms with van der Waals surface area (Å²) in [5.41, 5.74) is 2.02. The first-order valence-corrected chi connectivity index (χ1v) is 11.4. The van der Waals surface area contributed by atoms with E-state index in [1.54, 1.807) is 18.4 Å². The Morgan fingerprint density at radius 3 is 2.23 bits per heavy atom. The maximum Gasteiger partial charge on any atom is 0.241 e. The highest BCUT2D eigenvalue weighted by Gasteiger charge is 2.37. The van der Waals surface area contributed by atoms with Crippen LogP contribution in [0.15, 0.2) is 88.4 Å². The Labute approximate surface area is 179 Å². The first-order chi connectivity index (χ1) is 14.5. The van der Waals surface area contributed by atoms with Gasteiger partial charge in [0.1, 0.15) is 5.76 Å². The lowest BCUT2D eigenvalue weighted by atomic mass is 10.0. The molecule has 0 amide bonds. The van der Waals surface area contributed by atoms with Gasteiger partial charge in [0.2, 0.25) is 10.0 Å². The van der Waals surface area contributed by atoms with Gasteiger partial charge in [-0.25, -0.2) is 13.1 Å². The Bertz CT molecular complexity index is 1300. The van der Waals surface area contributed by atoms with Crippen molar-refractivity contribution in [3.63, 3.8) is 0 Å². The quantitative estimate of drug-likeness (QED) is 0.446. The molecule has 0 fully saturated rings. The second-order valence-corrected chi connectivity index (χ2v) is 9.43. The van der Waals surface area contributed by atoms with E-state index in [1.165, 1.54) is 12.1 Å². The first kappa shape index (κ1) is 19.3. The van der Waals surface area contributed by atoms with Crippen molar-refractivity contribution >= 4 is 32.4 Å². The predicted octanol–water partition coefficient (Wildman–Crippen LogP) is 4.95. The van der Waals surface area contributed by atoms with Crippen molar-refractivity contribution in [2.45, 2.75) is 23.5 Å². The molecule has 0 aliphatic heterocycles. The van der Waals surface area contributed by atoms with Crippen LogP contribution in [-0.4, -0.2) is 8.42 Å². The smallest absolute Gasteiger partial charge is 0.241 e. The molecule has 0 bridgehead atoms.